The second kappa shape index (κ2) is 16.7. The SMILES string of the molecule is CCCCCCCCCCCCOP(=O)(O)OP(=O)(O)OP(=O)(O)OC[C@@H]1O[C@H](n2cc(C)c(=O)[nH]c2=O)CC1O. The average Bonchev–Trinajstić information content (AvgIpc) is 3.22. The molecule has 0 amide bonds. The van der Waals surface area contributed by atoms with Crippen molar-refractivity contribution in [2.45, 2.75) is 103 Å². The first-order chi connectivity index (χ1) is 19.1. The molecule has 1 saturated heterocycles. The smallest absolute Gasteiger partial charge is 0.390 e. The zero-order valence-corrected chi connectivity index (χ0v) is 25.8. The summed E-state index contributed by atoms with van der Waals surface area (Å²) in [5.41, 5.74) is -1.21. The van der Waals surface area contributed by atoms with Gasteiger partial charge in [0.15, 0.2) is 0 Å². The van der Waals surface area contributed by atoms with Crippen molar-refractivity contribution in [3.63, 3.8) is 0 Å². The van der Waals surface area contributed by atoms with E-state index in [0.717, 1.165) is 30.3 Å². The molecule has 1 fully saturated rings. The van der Waals surface area contributed by atoms with E-state index in [1.807, 2.05) is 0 Å². The minimum atomic E-state index is -5.63. The molecule has 1 aliphatic heterocycles. The highest BCUT2D eigenvalue weighted by molar-refractivity contribution is 7.66. The molecule has 0 radical (unpaired) electrons. The number of hydrogen-bond donors (Lipinski definition) is 5. The number of ether oxygens (including phenoxy) is 1. The molecule has 4 unspecified atom stereocenters. The average molecular weight is 650 g/mol. The summed E-state index contributed by atoms with van der Waals surface area (Å²) in [7, 11) is -16.1. The van der Waals surface area contributed by atoms with Crippen LogP contribution in [0.2, 0.25) is 0 Å². The van der Waals surface area contributed by atoms with E-state index in [1.54, 1.807) is 0 Å². The Morgan fingerprint density at radius 2 is 1.44 bits per heavy atom. The van der Waals surface area contributed by atoms with Crippen LogP contribution in [0.1, 0.15) is 89.3 Å². The molecule has 0 spiro atoms. The van der Waals surface area contributed by atoms with Gasteiger partial charge in [0.05, 0.1) is 19.3 Å². The van der Waals surface area contributed by atoms with Gasteiger partial charge < -0.3 is 24.5 Å². The van der Waals surface area contributed by atoms with Gasteiger partial charge in [-0.3, -0.25) is 23.4 Å². The lowest BCUT2D eigenvalue weighted by Gasteiger charge is -2.20. The van der Waals surface area contributed by atoms with Gasteiger partial charge in [0.25, 0.3) is 5.56 Å². The third kappa shape index (κ3) is 13.5. The van der Waals surface area contributed by atoms with Crippen molar-refractivity contribution >= 4 is 23.5 Å². The van der Waals surface area contributed by atoms with Crippen molar-refractivity contribution in [1.29, 1.82) is 0 Å². The maximum Gasteiger partial charge on any atom is 0.490 e. The Kier molecular flexibility index (Phi) is 14.8. The van der Waals surface area contributed by atoms with E-state index in [4.69, 9.17) is 4.74 Å². The molecule has 2 heterocycles. The van der Waals surface area contributed by atoms with Crippen LogP contribution in [0.4, 0.5) is 0 Å². The molecule has 0 aliphatic carbocycles. The Balaban J connectivity index is 1.74. The molecule has 2 rings (SSSR count). The summed E-state index contributed by atoms with van der Waals surface area (Å²) in [4.78, 5) is 54.9. The van der Waals surface area contributed by atoms with Gasteiger partial charge in [-0.25, -0.2) is 18.5 Å². The van der Waals surface area contributed by atoms with E-state index in [-0.39, 0.29) is 18.6 Å². The quantitative estimate of drug-likeness (QED) is 0.0998. The summed E-state index contributed by atoms with van der Waals surface area (Å²) >= 11 is 0. The number of aliphatic hydroxyl groups is 1. The van der Waals surface area contributed by atoms with Crippen molar-refractivity contribution in [1.82, 2.24) is 9.55 Å². The fraction of sp³-hybridized carbons (Fsp3) is 0.818. The molecule has 41 heavy (non-hydrogen) atoms. The molecule has 0 bridgehead atoms. The van der Waals surface area contributed by atoms with Gasteiger partial charge in [0.2, 0.25) is 0 Å². The molecular formula is C22H41N2O14P3. The van der Waals surface area contributed by atoms with Crippen molar-refractivity contribution in [2.24, 2.45) is 0 Å². The lowest BCUT2D eigenvalue weighted by molar-refractivity contribution is -0.0450. The number of aromatic nitrogens is 2. The van der Waals surface area contributed by atoms with Gasteiger partial charge in [-0.15, -0.1) is 0 Å². The maximum absolute atomic E-state index is 12.2. The number of unbranched alkanes of at least 4 members (excludes halogenated alkanes) is 9. The van der Waals surface area contributed by atoms with E-state index in [9.17, 15) is 43.1 Å². The molecule has 0 saturated carbocycles. The summed E-state index contributed by atoms with van der Waals surface area (Å²) < 4.78 is 60.1. The summed E-state index contributed by atoms with van der Waals surface area (Å²) in [6.07, 6.45) is 7.54. The van der Waals surface area contributed by atoms with Crippen LogP contribution >= 0.6 is 23.5 Å². The van der Waals surface area contributed by atoms with Crippen LogP contribution in [0, 0.1) is 6.92 Å². The molecule has 1 aliphatic rings. The standard InChI is InChI=1S/C22H41N2O14P3/c1-3-4-5-6-7-8-9-10-11-12-13-34-39(28,29)37-41(32,33)38-40(30,31)35-16-19-18(25)14-20(36-19)24-15-17(2)21(26)23-22(24)27/h15,18-20,25H,3-14,16H2,1-2H3,(H,28,29)(H,30,31)(H,32,33)(H,23,26,27)/t18?,19-,20-/m0/s1. The third-order valence-electron chi connectivity index (χ3n) is 6.23. The Labute approximate surface area is 237 Å². The lowest BCUT2D eigenvalue weighted by atomic mass is 10.1. The highest BCUT2D eigenvalue weighted by Crippen LogP contribution is 2.67. The number of phosphoric acid groups is 3. The topological polar surface area (TPSA) is 233 Å². The first kappa shape index (κ1) is 36.2. The number of hydrogen-bond acceptors (Lipinski definition) is 11. The Bertz CT molecular complexity index is 1220. The minimum Gasteiger partial charge on any atom is -0.390 e. The van der Waals surface area contributed by atoms with Gasteiger partial charge >= 0.3 is 29.2 Å². The number of nitrogens with zero attached hydrogens (tertiary/aromatic N) is 1. The number of aryl methyl sites for hydroxylation is 1. The van der Waals surface area contributed by atoms with Crippen LogP contribution in [-0.2, 0) is 36.1 Å². The van der Waals surface area contributed by atoms with Crippen LogP contribution in [0.15, 0.2) is 15.8 Å². The molecule has 5 N–H and O–H groups in total. The normalized spacial score (nSPS) is 23.6. The van der Waals surface area contributed by atoms with Gasteiger partial charge in [0, 0.05) is 18.2 Å². The summed E-state index contributed by atoms with van der Waals surface area (Å²) in [5.74, 6) is 0. The van der Waals surface area contributed by atoms with Crippen molar-refractivity contribution in [3.05, 3.63) is 32.6 Å². The highest BCUT2D eigenvalue weighted by Gasteiger charge is 2.43. The number of aromatic amines is 1. The minimum absolute atomic E-state index is 0.151. The fourth-order valence-corrected chi connectivity index (χ4v) is 7.64. The van der Waals surface area contributed by atoms with Crippen LogP contribution in [0.3, 0.4) is 0 Å². The Morgan fingerprint density at radius 3 is 2.02 bits per heavy atom. The zero-order chi connectivity index (χ0) is 30.7. The number of phosphoric ester groups is 2. The van der Waals surface area contributed by atoms with Crippen LogP contribution in [0.5, 0.6) is 0 Å². The predicted molar refractivity (Wildman–Crippen MR) is 146 cm³/mol. The molecule has 19 heteroatoms. The molecule has 16 nitrogen and oxygen atoms in total. The van der Waals surface area contributed by atoms with Crippen molar-refractivity contribution in [3.8, 4) is 0 Å². The maximum atomic E-state index is 12.2. The first-order valence-corrected chi connectivity index (χ1v) is 18.0. The summed E-state index contributed by atoms with van der Waals surface area (Å²) in [6.45, 7) is 2.51. The third-order valence-corrected chi connectivity index (χ3v) is 10.5. The molecule has 6 atom stereocenters. The van der Waals surface area contributed by atoms with E-state index >= 15 is 0 Å². The summed E-state index contributed by atoms with van der Waals surface area (Å²) in [6, 6.07) is 0. The second-order valence-electron chi connectivity index (χ2n) is 9.79. The van der Waals surface area contributed by atoms with E-state index in [2.05, 4.69) is 29.6 Å². The Hall–Kier alpha value is -0.990. The number of H-pyrrole nitrogens is 1. The van der Waals surface area contributed by atoms with E-state index in [1.165, 1.54) is 38.8 Å². The van der Waals surface area contributed by atoms with Crippen molar-refractivity contribution in [2.75, 3.05) is 13.2 Å². The second-order valence-corrected chi connectivity index (χ2v) is 14.4. The van der Waals surface area contributed by atoms with Gasteiger partial charge in [-0.2, -0.15) is 8.62 Å². The van der Waals surface area contributed by atoms with Crippen LogP contribution in [0.25, 0.3) is 0 Å². The van der Waals surface area contributed by atoms with Crippen molar-refractivity contribution < 1.29 is 55.9 Å². The van der Waals surface area contributed by atoms with Gasteiger partial charge in [0.1, 0.15) is 12.3 Å². The van der Waals surface area contributed by atoms with Gasteiger partial charge in [-0.1, -0.05) is 64.7 Å². The van der Waals surface area contributed by atoms with Gasteiger partial charge in [-0.05, 0) is 13.3 Å². The van der Waals surface area contributed by atoms with Crippen LogP contribution in [-0.4, -0.2) is 54.8 Å². The van der Waals surface area contributed by atoms with E-state index < -0.39 is 59.8 Å². The number of aliphatic hydroxyl groups excluding tert-OH is 1. The number of nitrogens with one attached hydrogen (secondary N) is 1. The largest absolute Gasteiger partial charge is 0.490 e. The summed E-state index contributed by atoms with van der Waals surface area (Å²) in [5, 5.41) is 10.2. The molecule has 1 aromatic rings. The highest BCUT2D eigenvalue weighted by atomic mass is 31.3. The number of rotatable bonds is 20. The van der Waals surface area contributed by atoms with E-state index in [0.29, 0.717) is 12.8 Å². The zero-order valence-electron chi connectivity index (χ0n) is 23.2. The predicted octanol–water partition coefficient (Wildman–Crippen LogP) is 3.78. The Morgan fingerprint density at radius 1 is 0.902 bits per heavy atom. The molecule has 238 valence electrons. The monoisotopic (exact) mass is 650 g/mol. The fourth-order valence-electron chi connectivity index (χ4n) is 4.10. The lowest BCUT2D eigenvalue weighted by Crippen LogP contribution is -2.33. The first-order valence-electron chi connectivity index (χ1n) is 13.5. The molecule has 0 aromatic carbocycles. The molecular weight excluding hydrogens is 609 g/mol. The van der Waals surface area contributed by atoms with Crippen LogP contribution < -0.4 is 11.2 Å². The molecule has 1 aromatic heterocycles.